The fraction of sp³-hybridized carbons (Fsp3) is 0.333. The van der Waals surface area contributed by atoms with Crippen LogP contribution < -0.4 is 0 Å². The van der Waals surface area contributed by atoms with Crippen LogP contribution in [0.15, 0.2) is 42.5 Å². The van der Waals surface area contributed by atoms with Crippen LogP contribution in [0, 0.1) is 13.8 Å². The summed E-state index contributed by atoms with van der Waals surface area (Å²) in [6.07, 6.45) is 3.72. The molecule has 0 N–H and O–H groups in total. The molecule has 0 aliphatic heterocycles. The van der Waals surface area contributed by atoms with E-state index in [4.69, 9.17) is 0 Å². The topological polar surface area (TPSA) is 0 Å². The second-order valence-corrected chi connectivity index (χ2v) is 5.07. The second kappa shape index (κ2) is 5.86. The van der Waals surface area contributed by atoms with E-state index in [1.54, 1.807) is 0 Å². The number of aryl methyl sites for hydroxylation is 3. The third-order valence-corrected chi connectivity index (χ3v) is 3.52. The number of hydrogen-bond acceptors (Lipinski definition) is 0. The van der Waals surface area contributed by atoms with Gasteiger partial charge >= 0.3 is 0 Å². The Kier molecular flexibility index (Phi) is 4.19. The van der Waals surface area contributed by atoms with Crippen LogP contribution in [0.2, 0.25) is 0 Å². The van der Waals surface area contributed by atoms with Gasteiger partial charge in [0.15, 0.2) is 0 Å². The molecule has 0 aromatic heterocycles. The Morgan fingerprint density at radius 3 is 2.22 bits per heavy atom. The smallest absolute Gasteiger partial charge is 0.0125 e. The molecular weight excluding hydrogens is 216 g/mol. The molecule has 0 unspecified atom stereocenters. The van der Waals surface area contributed by atoms with E-state index in [9.17, 15) is 0 Å². The zero-order chi connectivity index (χ0) is 13.0. The fourth-order valence-corrected chi connectivity index (χ4v) is 2.53. The van der Waals surface area contributed by atoms with E-state index < -0.39 is 0 Å². The van der Waals surface area contributed by atoms with Crippen LogP contribution in [0.1, 0.15) is 36.5 Å². The van der Waals surface area contributed by atoms with Crippen molar-refractivity contribution in [3.8, 4) is 11.1 Å². The van der Waals surface area contributed by atoms with Crippen LogP contribution >= 0.6 is 0 Å². The first-order valence-electron chi connectivity index (χ1n) is 6.88. The van der Waals surface area contributed by atoms with Gasteiger partial charge in [-0.15, -0.1) is 0 Å². The molecule has 0 heterocycles. The normalized spacial score (nSPS) is 10.6. The molecule has 0 spiro atoms. The SMILES string of the molecule is CCCCc1cccc(-c2c(C)cccc2C)c1. The number of benzene rings is 2. The van der Waals surface area contributed by atoms with Gasteiger partial charge in [0.1, 0.15) is 0 Å². The van der Waals surface area contributed by atoms with Gasteiger partial charge in [-0.25, -0.2) is 0 Å². The minimum absolute atomic E-state index is 1.19. The highest BCUT2D eigenvalue weighted by molar-refractivity contribution is 5.71. The Hall–Kier alpha value is -1.56. The van der Waals surface area contributed by atoms with Gasteiger partial charge in [0.25, 0.3) is 0 Å². The maximum atomic E-state index is 2.35. The predicted molar refractivity (Wildman–Crippen MR) is 80.0 cm³/mol. The Labute approximate surface area is 111 Å². The third-order valence-electron chi connectivity index (χ3n) is 3.52. The van der Waals surface area contributed by atoms with Crippen molar-refractivity contribution in [3.05, 3.63) is 59.2 Å². The van der Waals surface area contributed by atoms with Gasteiger partial charge in [0.05, 0.1) is 0 Å². The Morgan fingerprint density at radius 2 is 1.56 bits per heavy atom. The van der Waals surface area contributed by atoms with Gasteiger partial charge in [0.2, 0.25) is 0 Å². The summed E-state index contributed by atoms with van der Waals surface area (Å²) in [4.78, 5) is 0. The minimum Gasteiger partial charge on any atom is -0.0654 e. The summed E-state index contributed by atoms with van der Waals surface area (Å²) in [5, 5.41) is 0. The van der Waals surface area contributed by atoms with Crippen LogP contribution in [0.3, 0.4) is 0 Å². The zero-order valence-corrected chi connectivity index (χ0v) is 11.7. The first-order chi connectivity index (χ1) is 8.72. The van der Waals surface area contributed by atoms with Gasteiger partial charge in [-0.05, 0) is 54.5 Å². The molecule has 0 saturated heterocycles. The van der Waals surface area contributed by atoms with Crippen molar-refractivity contribution in [2.24, 2.45) is 0 Å². The first kappa shape index (κ1) is 12.9. The van der Waals surface area contributed by atoms with Crippen LogP contribution in [-0.4, -0.2) is 0 Å². The average molecular weight is 238 g/mol. The van der Waals surface area contributed by atoms with Gasteiger partial charge in [0, 0.05) is 0 Å². The summed E-state index contributed by atoms with van der Waals surface area (Å²) < 4.78 is 0. The van der Waals surface area contributed by atoms with Crippen molar-refractivity contribution < 1.29 is 0 Å². The Balaban J connectivity index is 2.38. The van der Waals surface area contributed by atoms with E-state index in [0.717, 1.165) is 0 Å². The molecule has 0 atom stereocenters. The maximum Gasteiger partial charge on any atom is -0.0125 e. The first-order valence-corrected chi connectivity index (χ1v) is 6.88. The van der Waals surface area contributed by atoms with Crippen molar-refractivity contribution >= 4 is 0 Å². The highest BCUT2D eigenvalue weighted by Gasteiger charge is 2.05. The predicted octanol–water partition coefficient (Wildman–Crippen LogP) is 5.31. The molecule has 0 radical (unpaired) electrons. The number of unbranched alkanes of at least 4 members (excludes halogenated alkanes) is 1. The minimum atomic E-state index is 1.19. The zero-order valence-electron chi connectivity index (χ0n) is 11.7. The Morgan fingerprint density at radius 1 is 0.889 bits per heavy atom. The summed E-state index contributed by atoms with van der Waals surface area (Å²) in [6.45, 7) is 6.64. The van der Waals surface area contributed by atoms with Gasteiger partial charge in [-0.3, -0.25) is 0 Å². The molecule has 0 amide bonds. The Bertz CT molecular complexity index is 503. The van der Waals surface area contributed by atoms with E-state index in [2.05, 4.69) is 63.2 Å². The maximum absolute atomic E-state index is 2.35. The lowest BCUT2D eigenvalue weighted by atomic mass is 9.94. The molecule has 2 rings (SSSR count). The molecule has 0 aliphatic rings. The summed E-state index contributed by atoms with van der Waals surface area (Å²) >= 11 is 0. The number of rotatable bonds is 4. The van der Waals surface area contributed by atoms with E-state index in [1.165, 1.54) is 47.1 Å². The summed E-state index contributed by atoms with van der Waals surface area (Å²) in [7, 11) is 0. The van der Waals surface area contributed by atoms with Crippen molar-refractivity contribution in [3.63, 3.8) is 0 Å². The van der Waals surface area contributed by atoms with Crippen molar-refractivity contribution in [2.75, 3.05) is 0 Å². The highest BCUT2D eigenvalue weighted by Crippen LogP contribution is 2.27. The van der Waals surface area contributed by atoms with Crippen molar-refractivity contribution in [2.45, 2.75) is 40.0 Å². The molecule has 18 heavy (non-hydrogen) atoms. The third kappa shape index (κ3) is 2.81. The molecule has 0 aliphatic carbocycles. The molecule has 0 fully saturated rings. The summed E-state index contributed by atoms with van der Waals surface area (Å²) in [5.41, 5.74) is 6.94. The van der Waals surface area contributed by atoms with Crippen LogP contribution in [-0.2, 0) is 6.42 Å². The second-order valence-electron chi connectivity index (χ2n) is 5.07. The van der Waals surface area contributed by atoms with Gasteiger partial charge < -0.3 is 0 Å². The standard InChI is InChI=1S/C18H22/c1-4-5-10-16-11-7-12-17(13-16)18-14(2)8-6-9-15(18)3/h6-9,11-13H,4-5,10H2,1-3H3. The largest absolute Gasteiger partial charge is 0.0654 e. The molecule has 2 aromatic rings. The number of hydrogen-bond donors (Lipinski definition) is 0. The average Bonchev–Trinajstić information content (AvgIpc) is 2.37. The van der Waals surface area contributed by atoms with Gasteiger partial charge in [-0.1, -0.05) is 55.8 Å². The lowest BCUT2D eigenvalue weighted by molar-refractivity contribution is 0.795. The molecule has 0 bridgehead atoms. The van der Waals surface area contributed by atoms with Crippen LogP contribution in [0.4, 0.5) is 0 Å². The molecule has 94 valence electrons. The molecule has 0 nitrogen and oxygen atoms in total. The monoisotopic (exact) mass is 238 g/mol. The highest BCUT2D eigenvalue weighted by atomic mass is 14.1. The lowest BCUT2D eigenvalue weighted by Gasteiger charge is -2.11. The summed E-state index contributed by atoms with van der Waals surface area (Å²) in [5.74, 6) is 0. The van der Waals surface area contributed by atoms with E-state index in [0.29, 0.717) is 0 Å². The van der Waals surface area contributed by atoms with Gasteiger partial charge in [-0.2, -0.15) is 0 Å². The van der Waals surface area contributed by atoms with E-state index in [1.807, 2.05) is 0 Å². The fourth-order valence-electron chi connectivity index (χ4n) is 2.53. The molecule has 2 aromatic carbocycles. The van der Waals surface area contributed by atoms with Crippen LogP contribution in [0.5, 0.6) is 0 Å². The lowest BCUT2D eigenvalue weighted by Crippen LogP contribution is -1.90. The molecular formula is C18H22. The van der Waals surface area contributed by atoms with Crippen molar-refractivity contribution in [1.82, 2.24) is 0 Å². The molecule has 0 heteroatoms. The van der Waals surface area contributed by atoms with E-state index in [-0.39, 0.29) is 0 Å². The van der Waals surface area contributed by atoms with Crippen molar-refractivity contribution in [1.29, 1.82) is 0 Å². The van der Waals surface area contributed by atoms with E-state index >= 15 is 0 Å². The molecule has 0 saturated carbocycles. The quantitative estimate of drug-likeness (QED) is 0.677. The van der Waals surface area contributed by atoms with Crippen LogP contribution in [0.25, 0.3) is 11.1 Å². The summed E-state index contributed by atoms with van der Waals surface area (Å²) in [6, 6.07) is 15.5.